The highest BCUT2D eigenvalue weighted by atomic mass is 32.1. The van der Waals surface area contributed by atoms with Crippen molar-refractivity contribution in [2.75, 3.05) is 0 Å². The summed E-state index contributed by atoms with van der Waals surface area (Å²) < 4.78 is 2.69. The quantitative estimate of drug-likeness (QED) is 0.421. The summed E-state index contributed by atoms with van der Waals surface area (Å²) in [6, 6.07) is 22.4. The van der Waals surface area contributed by atoms with Gasteiger partial charge in [0.25, 0.3) is 0 Å². The molecule has 0 fully saturated rings. The second kappa shape index (κ2) is 3.94. The Bertz CT molecular complexity index is 698. The van der Waals surface area contributed by atoms with E-state index in [1.807, 2.05) is 28.7 Å². The third-order valence-electron chi connectivity index (χ3n) is 3.03. The number of rotatable bonds is 1. The Morgan fingerprint density at radius 3 is 2.28 bits per heavy atom. The Morgan fingerprint density at radius 1 is 0.778 bits per heavy atom. The van der Waals surface area contributed by atoms with Gasteiger partial charge in [-0.25, -0.2) is 0 Å². The maximum Gasteiger partial charge on any atom is 0.0455 e. The lowest BCUT2D eigenvalue weighted by Crippen LogP contribution is -1.59. The van der Waals surface area contributed by atoms with Crippen LogP contribution in [-0.4, -0.2) is 0 Å². The number of hydrogen-bond donors (Lipinski definition) is 0. The van der Waals surface area contributed by atoms with Crippen LogP contribution >= 0.6 is 22.7 Å². The highest BCUT2D eigenvalue weighted by Crippen LogP contribution is 2.39. The molecule has 2 heteroatoms. The molecule has 0 spiro atoms. The minimum Gasteiger partial charge on any atom is -0.134 e. The summed E-state index contributed by atoms with van der Waals surface area (Å²) in [7, 11) is 0. The van der Waals surface area contributed by atoms with Crippen LogP contribution in [0.4, 0.5) is 0 Å². The van der Waals surface area contributed by atoms with Gasteiger partial charge in [0, 0.05) is 19.2 Å². The summed E-state index contributed by atoms with van der Waals surface area (Å²) in [5.74, 6) is 0. The van der Waals surface area contributed by atoms with E-state index in [0.29, 0.717) is 0 Å². The second-order valence-electron chi connectivity index (χ2n) is 4.22. The van der Waals surface area contributed by atoms with Crippen LogP contribution in [-0.2, 0) is 0 Å². The molecule has 0 saturated carbocycles. The van der Waals surface area contributed by atoms with E-state index in [2.05, 4.69) is 54.6 Å². The average molecular weight is 265 g/mol. The van der Waals surface area contributed by atoms with Crippen LogP contribution < -0.4 is 0 Å². The summed E-state index contributed by atoms with van der Waals surface area (Å²) in [4.78, 5) is 2.71. The van der Waals surface area contributed by atoms with Crippen LogP contribution in [0.5, 0.6) is 0 Å². The van der Waals surface area contributed by atoms with Gasteiger partial charge in [-0.1, -0.05) is 24.3 Å². The SMILES string of the molecule is [c]1ccc2sc(-c3cc4ccccc4s3)cc2c1. The van der Waals surface area contributed by atoms with E-state index in [0.717, 1.165) is 0 Å². The standard InChI is InChI=1S/C16H9S2/c1-3-7-13-11(5-1)9-15(17-13)16-10-12-6-2-4-8-14(12)18-16/h1,3-10H. The highest BCUT2D eigenvalue weighted by molar-refractivity contribution is 7.28. The molecule has 0 bridgehead atoms. The van der Waals surface area contributed by atoms with E-state index in [1.54, 1.807) is 0 Å². The third-order valence-corrected chi connectivity index (χ3v) is 5.46. The predicted octanol–water partition coefficient (Wildman–Crippen LogP) is 5.58. The molecule has 85 valence electrons. The molecule has 2 heterocycles. The molecule has 0 saturated heterocycles. The van der Waals surface area contributed by atoms with E-state index in [4.69, 9.17) is 0 Å². The fraction of sp³-hybridized carbons (Fsp3) is 0. The maximum atomic E-state index is 3.14. The van der Waals surface area contributed by atoms with Crippen molar-refractivity contribution in [1.29, 1.82) is 0 Å². The van der Waals surface area contributed by atoms with E-state index in [9.17, 15) is 0 Å². The van der Waals surface area contributed by atoms with Crippen molar-refractivity contribution >= 4 is 42.8 Å². The van der Waals surface area contributed by atoms with Gasteiger partial charge in [0.15, 0.2) is 0 Å². The van der Waals surface area contributed by atoms with E-state index in [1.165, 1.54) is 29.9 Å². The zero-order valence-electron chi connectivity index (χ0n) is 9.51. The lowest BCUT2D eigenvalue weighted by atomic mass is 10.2. The molecule has 1 radical (unpaired) electrons. The zero-order valence-corrected chi connectivity index (χ0v) is 11.1. The first-order chi connectivity index (χ1) is 8.90. The van der Waals surface area contributed by atoms with Gasteiger partial charge in [-0.3, -0.25) is 0 Å². The Kier molecular flexibility index (Phi) is 2.25. The molecule has 0 aliphatic heterocycles. The minimum atomic E-state index is 1.29. The molecule has 2 aromatic carbocycles. The van der Waals surface area contributed by atoms with Crippen LogP contribution in [0.1, 0.15) is 0 Å². The van der Waals surface area contributed by atoms with Crippen molar-refractivity contribution in [2.45, 2.75) is 0 Å². The third kappa shape index (κ3) is 1.57. The molecule has 4 rings (SSSR count). The molecule has 0 nitrogen and oxygen atoms in total. The first kappa shape index (κ1) is 10.3. The largest absolute Gasteiger partial charge is 0.134 e. The number of benzene rings is 2. The average Bonchev–Trinajstić information content (AvgIpc) is 3.02. The molecule has 0 N–H and O–H groups in total. The van der Waals surface area contributed by atoms with E-state index >= 15 is 0 Å². The van der Waals surface area contributed by atoms with Gasteiger partial charge >= 0.3 is 0 Å². The van der Waals surface area contributed by atoms with Gasteiger partial charge in [0.1, 0.15) is 0 Å². The van der Waals surface area contributed by atoms with Crippen molar-refractivity contribution in [2.24, 2.45) is 0 Å². The first-order valence-corrected chi connectivity index (χ1v) is 7.42. The van der Waals surface area contributed by atoms with Gasteiger partial charge in [-0.15, -0.1) is 22.7 Å². The van der Waals surface area contributed by atoms with Gasteiger partial charge in [0.05, 0.1) is 0 Å². The topological polar surface area (TPSA) is 0 Å². The molecule has 4 aromatic rings. The Balaban J connectivity index is 1.95. The Labute approximate surface area is 113 Å². The van der Waals surface area contributed by atoms with Crippen molar-refractivity contribution in [3.8, 4) is 9.75 Å². The van der Waals surface area contributed by atoms with E-state index < -0.39 is 0 Å². The highest BCUT2D eigenvalue weighted by Gasteiger charge is 2.07. The lowest BCUT2D eigenvalue weighted by Gasteiger charge is -1.86. The first-order valence-electron chi connectivity index (χ1n) is 5.79. The van der Waals surface area contributed by atoms with Crippen molar-refractivity contribution in [1.82, 2.24) is 0 Å². The molecule has 0 aliphatic rings. The van der Waals surface area contributed by atoms with Crippen LogP contribution in [0.25, 0.3) is 29.9 Å². The molecule has 2 aromatic heterocycles. The van der Waals surface area contributed by atoms with Gasteiger partial charge < -0.3 is 0 Å². The van der Waals surface area contributed by atoms with Crippen molar-refractivity contribution < 1.29 is 0 Å². The number of thiophene rings is 2. The summed E-state index contributed by atoms with van der Waals surface area (Å²) in [6.45, 7) is 0. The van der Waals surface area contributed by atoms with Gasteiger partial charge in [0.2, 0.25) is 0 Å². The second-order valence-corrected chi connectivity index (χ2v) is 6.39. The number of fused-ring (bicyclic) bond motifs is 2. The molecule has 0 amide bonds. The molecule has 0 unspecified atom stereocenters. The zero-order chi connectivity index (χ0) is 11.9. The Hall–Kier alpha value is -1.64. The fourth-order valence-corrected chi connectivity index (χ4v) is 4.33. The monoisotopic (exact) mass is 265 g/mol. The molecule has 0 aliphatic carbocycles. The molecule has 18 heavy (non-hydrogen) atoms. The van der Waals surface area contributed by atoms with Crippen molar-refractivity contribution in [3.63, 3.8) is 0 Å². The summed E-state index contributed by atoms with van der Waals surface area (Å²) in [6.07, 6.45) is 0. The van der Waals surface area contributed by atoms with Crippen LogP contribution in [0.15, 0.2) is 54.6 Å². The van der Waals surface area contributed by atoms with Gasteiger partial charge in [-0.2, -0.15) is 0 Å². The normalized spacial score (nSPS) is 11.3. The van der Waals surface area contributed by atoms with Crippen LogP contribution in [0, 0.1) is 6.07 Å². The lowest BCUT2D eigenvalue weighted by molar-refractivity contribution is 1.83. The van der Waals surface area contributed by atoms with E-state index in [-0.39, 0.29) is 0 Å². The fourth-order valence-electron chi connectivity index (χ4n) is 2.15. The maximum absolute atomic E-state index is 3.14. The smallest absolute Gasteiger partial charge is 0.0455 e. The summed E-state index contributed by atoms with van der Waals surface area (Å²) in [5.41, 5.74) is 0. The van der Waals surface area contributed by atoms with Gasteiger partial charge in [-0.05, 0) is 47.2 Å². The van der Waals surface area contributed by atoms with Crippen molar-refractivity contribution in [3.05, 3.63) is 60.7 Å². The molecular formula is C16H9S2. The Morgan fingerprint density at radius 2 is 1.50 bits per heavy atom. The molecule has 0 atom stereocenters. The minimum absolute atomic E-state index is 1.29. The predicted molar refractivity (Wildman–Crippen MR) is 81.5 cm³/mol. The molecular weight excluding hydrogens is 256 g/mol. The number of hydrogen-bond acceptors (Lipinski definition) is 2. The van der Waals surface area contributed by atoms with Crippen LogP contribution in [0.2, 0.25) is 0 Å². The summed E-state index contributed by atoms with van der Waals surface area (Å²) in [5, 5.41) is 2.62. The van der Waals surface area contributed by atoms with Crippen LogP contribution in [0.3, 0.4) is 0 Å². The summed E-state index contributed by atoms with van der Waals surface area (Å²) >= 11 is 3.72.